The molecule has 0 saturated carbocycles. The monoisotopic (exact) mass is 287 g/mol. The van der Waals surface area contributed by atoms with E-state index in [1.165, 1.54) is 4.90 Å². The molecule has 0 radical (unpaired) electrons. The molecule has 0 fully saturated rings. The smallest absolute Gasteiger partial charge is 0.265 e. The third-order valence-corrected chi connectivity index (χ3v) is 3.04. The number of rotatable bonds is 3. The standard InChI is InChI=1S/C14H10FN3O3/c15-10-4-16-13(17-5-10)6-18-11-2-1-9(7-19)3-12(11)21-8-14(18)20/h1-5,7H,6,8H2. The van der Waals surface area contributed by atoms with Crippen molar-refractivity contribution in [3.8, 4) is 5.75 Å². The minimum Gasteiger partial charge on any atom is -0.482 e. The van der Waals surface area contributed by atoms with E-state index in [0.717, 1.165) is 12.4 Å². The highest BCUT2D eigenvalue weighted by molar-refractivity contribution is 5.98. The fourth-order valence-electron chi connectivity index (χ4n) is 2.03. The first-order valence-corrected chi connectivity index (χ1v) is 6.16. The van der Waals surface area contributed by atoms with Gasteiger partial charge < -0.3 is 4.74 Å². The zero-order valence-corrected chi connectivity index (χ0v) is 10.8. The molecule has 21 heavy (non-hydrogen) atoms. The van der Waals surface area contributed by atoms with Crippen molar-refractivity contribution in [1.29, 1.82) is 0 Å². The van der Waals surface area contributed by atoms with Crippen LogP contribution in [0.2, 0.25) is 0 Å². The number of aldehydes is 1. The normalized spacial score (nSPS) is 13.6. The second-order valence-corrected chi connectivity index (χ2v) is 4.43. The van der Waals surface area contributed by atoms with E-state index in [4.69, 9.17) is 4.74 Å². The Hall–Kier alpha value is -2.83. The number of carbonyl (C=O) groups excluding carboxylic acids is 2. The summed E-state index contributed by atoms with van der Waals surface area (Å²) in [6.07, 6.45) is 2.79. The molecular weight excluding hydrogens is 277 g/mol. The molecule has 0 aliphatic carbocycles. The molecule has 6 nitrogen and oxygen atoms in total. The van der Waals surface area contributed by atoms with Crippen molar-refractivity contribution in [2.45, 2.75) is 6.54 Å². The zero-order chi connectivity index (χ0) is 14.8. The van der Waals surface area contributed by atoms with Gasteiger partial charge in [-0.05, 0) is 18.2 Å². The third kappa shape index (κ3) is 2.58. The van der Waals surface area contributed by atoms with Crippen molar-refractivity contribution in [1.82, 2.24) is 9.97 Å². The first-order chi connectivity index (χ1) is 10.2. The Morgan fingerprint density at radius 3 is 2.81 bits per heavy atom. The number of amides is 1. The van der Waals surface area contributed by atoms with E-state index in [0.29, 0.717) is 29.1 Å². The Kier molecular flexibility index (Phi) is 3.31. The summed E-state index contributed by atoms with van der Waals surface area (Å²) in [5.41, 5.74) is 0.992. The minimum absolute atomic E-state index is 0.107. The molecule has 0 bridgehead atoms. The van der Waals surface area contributed by atoms with Gasteiger partial charge in [0.2, 0.25) is 0 Å². The van der Waals surface area contributed by atoms with Crippen molar-refractivity contribution in [3.63, 3.8) is 0 Å². The molecular formula is C14H10FN3O3. The van der Waals surface area contributed by atoms with Gasteiger partial charge in [-0.2, -0.15) is 0 Å². The molecule has 7 heteroatoms. The highest BCUT2D eigenvalue weighted by atomic mass is 19.1. The SMILES string of the molecule is O=Cc1ccc2c(c1)OCC(=O)N2Cc1ncc(F)cn1. The van der Waals surface area contributed by atoms with Crippen molar-refractivity contribution < 1.29 is 18.7 Å². The Bertz CT molecular complexity index is 703. The summed E-state index contributed by atoms with van der Waals surface area (Å²) in [5.74, 6) is -0.0317. The molecule has 1 aliphatic rings. The predicted molar refractivity (Wildman–Crippen MR) is 70.5 cm³/mol. The average molecular weight is 287 g/mol. The summed E-state index contributed by atoms with van der Waals surface area (Å²) >= 11 is 0. The van der Waals surface area contributed by atoms with Gasteiger partial charge in [0.15, 0.2) is 12.4 Å². The predicted octanol–water partition coefficient (Wildman–Crippen LogP) is 1.35. The zero-order valence-electron chi connectivity index (χ0n) is 10.8. The summed E-state index contributed by atoms with van der Waals surface area (Å²) in [7, 11) is 0. The van der Waals surface area contributed by atoms with Crippen LogP contribution in [-0.2, 0) is 11.3 Å². The number of nitrogens with zero attached hydrogens (tertiary/aromatic N) is 3. The second kappa shape index (κ2) is 5.28. The summed E-state index contributed by atoms with van der Waals surface area (Å²) in [6.45, 7) is -0.0214. The van der Waals surface area contributed by atoms with Crippen molar-refractivity contribution in [3.05, 3.63) is 47.8 Å². The van der Waals surface area contributed by atoms with Gasteiger partial charge in [-0.15, -0.1) is 0 Å². The van der Waals surface area contributed by atoms with Crippen molar-refractivity contribution in [2.75, 3.05) is 11.5 Å². The number of aromatic nitrogens is 2. The van der Waals surface area contributed by atoms with Crippen LogP contribution in [0, 0.1) is 5.82 Å². The molecule has 3 rings (SSSR count). The van der Waals surface area contributed by atoms with Crippen LogP contribution in [-0.4, -0.2) is 28.8 Å². The van der Waals surface area contributed by atoms with E-state index in [9.17, 15) is 14.0 Å². The number of hydrogen-bond acceptors (Lipinski definition) is 5. The first kappa shape index (κ1) is 13.2. The van der Waals surface area contributed by atoms with Crippen LogP contribution in [0.15, 0.2) is 30.6 Å². The lowest BCUT2D eigenvalue weighted by Gasteiger charge is -2.28. The molecule has 2 heterocycles. The quantitative estimate of drug-likeness (QED) is 0.797. The number of fused-ring (bicyclic) bond motifs is 1. The fourth-order valence-corrected chi connectivity index (χ4v) is 2.03. The van der Waals surface area contributed by atoms with Gasteiger partial charge in [-0.1, -0.05) is 0 Å². The van der Waals surface area contributed by atoms with Crippen molar-refractivity contribution in [2.24, 2.45) is 0 Å². The second-order valence-electron chi connectivity index (χ2n) is 4.43. The van der Waals surface area contributed by atoms with Crippen LogP contribution < -0.4 is 9.64 Å². The Morgan fingerprint density at radius 1 is 1.33 bits per heavy atom. The number of anilines is 1. The van der Waals surface area contributed by atoms with Gasteiger partial charge in [-0.25, -0.2) is 14.4 Å². The molecule has 106 valence electrons. The Labute approximate surface area is 119 Å². The fraction of sp³-hybridized carbons (Fsp3) is 0.143. The summed E-state index contributed by atoms with van der Waals surface area (Å²) < 4.78 is 18.1. The minimum atomic E-state index is -0.539. The van der Waals surface area contributed by atoms with Crippen LogP contribution >= 0.6 is 0 Å². The molecule has 2 aromatic rings. The van der Waals surface area contributed by atoms with Gasteiger partial charge in [0.1, 0.15) is 17.9 Å². The topological polar surface area (TPSA) is 72.4 Å². The van der Waals surface area contributed by atoms with E-state index in [2.05, 4.69) is 9.97 Å². The van der Waals surface area contributed by atoms with Crippen molar-refractivity contribution >= 4 is 17.9 Å². The Balaban J connectivity index is 1.93. The lowest BCUT2D eigenvalue weighted by Crippen LogP contribution is -2.38. The molecule has 1 aliphatic heterocycles. The molecule has 1 amide bonds. The van der Waals surface area contributed by atoms with Crippen LogP contribution in [0.25, 0.3) is 0 Å². The molecule has 0 N–H and O–H groups in total. The maximum Gasteiger partial charge on any atom is 0.265 e. The third-order valence-electron chi connectivity index (χ3n) is 3.04. The molecule has 0 saturated heterocycles. The maximum atomic E-state index is 12.8. The summed E-state index contributed by atoms with van der Waals surface area (Å²) in [5, 5.41) is 0. The molecule has 1 aromatic carbocycles. The number of carbonyl (C=O) groups is 2. The number of benzene rings is 1. The number of hydrogen-bond donors (Lipinski definition) is 0. The first-order valence-electron chi connectivity index (χ1n) is 6.16. The van der Waals surface area contributed by atoms with Crippen LogP contribution in [0.5, 0.6) is 5.75 Å². The van der Waals surface area contributed by atoms with Gasteiger partial charge in [-0.3, -0.25) is 14.5 Å². The van der Waals surface area contributed by atoms with E-state index in [1.807, 2.05) is 0 Å². The molecule has 0 spiro atoms. The highest BCUT2D eigenvalue weighted by Crippen LogP contribution is 2.33. The van der Waals surface area contributed by atoms with E-state index in [1.54, 1.807) is 18.2 Å². The lowest BCUT2D eigenvalue weighted by atomic mass is 10.1. The lowest BCUT2D eigenvalue weighted by molar-refractivity contribution is -0.121. The van der Waals surface area contributed by atoms with Crippen LogP contribution in [0.1, 0.15) is 16.2 Å². The van der Waals surface area contributed by atoms with Gasteiger partial charge in [0.25, 0.3) is 5.91 Å². The van der Waals surface area contributed by atoms with Gasteiger partial charge in [0, 0.05) is 5.56 Å². The molecule has 1 aromatic heterocycles. The Morgan fingerprint density at radius 2 is 2.10 bits per heavy atom. The number of halogens is 1. The highest BCUT2D eigenvalue weighted by Gasteiger charge is 2.26. The van der Waals surface area contributed by atoms with Crippen LogP contribution in [0.3, 0.4) is 0 Å². The largest absolute Gasteiger partial charge is 0.482 e. The molecule has 0 unspecified atom stereocenters. The van der Waals surface area contributed by atoms with E-state index in [-0.39, 0.29) is 19.1 Å². The average Bonchev–Trinajstić information content (AvgIpc) is 2.51. The summed E-state index contributed by atoms with van der Waals surface area (Å²) in [4.78, 5) is 31.9. The van der Waals surface area contributed by atoms with Gasteiger partial charge >= 0.3 is 0 Å². The number of ether oxygens (including phenoxy) is 1. The van der Waals surface area contributed by atoms with E-state index >= 15 is 0 Å². The van der Waals surface area contributed by atoms with Crippen LogP contribution in [0.4, 0.5) is 10.1 Å². The van der Waals surface area contributed by atoms with Gasteiger partial charge in [0.05, 0.1) is 24.6 Å². The molecule has 0 atom stereocenters. The maximum absolute atomic E-state index is 12.8. The summed E-state index contributed by atoms with van der Waals surface area (Å²) in [6, 6.07) is 4.78. The van der Waals surface area contributed by atoms with E-state index < -0.39 is 5.82 Å².